The monoisotopic (exact) mass is 294 g/mol. The van der Waals surface area contributed by atoms with E-state index in [1.807, 2.05) is 0 Å². The highest BCUT2D eigenvalue weighted by Crippen LogP contribution is 2.28. The summed E-state index contributed by atoms with van der Waals surface area (Å²) >= 11 is 0. The van der Waals surface area contributed by atoms with Gasteiger partial charge in [0.15, 0.2) is 0 Å². The summed E-state index contributed by atoms with van der Waals surface area (Å²) in [5, 5.41) is 3.22. The van der Waals surface area contributed by atoms with Crippen LogP contribution >= 0.6 is 0 Å². The van der Waals surface area contributed by atoms with Crippen molar-refractivity contribution in [3.05, 3.63) is 23.8 Å². The average molecular weight is 294 g/mol. The molecule has 0 radical (unpaired) electrons. The van der Waals surface area contributed by atoms with Gasteiger partial charge in [0.25, 0.3) is 0 Å². The van der Waals surface area contributed by atoms with Gasteiger partial charge in [-0.3, -0.25) is 0 Å². The second kappa shape index (κ2) is 6.78. The third kappa shape index (κ3) is 3.46. The Kier molecular flexibility index (Phi) is 5.03. The Morgan fingerprint density at radius 3 is 2.95 bits per heavy atom. The van der Waals surface area contributed by atoms with E-state index in [1.165, 1.54) is 0 Å². The molecule has 2 rings (SSSR count). The SMILES string of the molecule is CCOC(=O)c1cccc(N)c1NCC1(OC)CCOC1. The number of nitrogens with two attached hydrogens (primary N) is 1. The lowest BCUT2D eigenvalue weighted by atomic mass is 10.0. The molecule has 3 N–H and O–H groups in total. The fraction of sp³-hybridized carbons (Fsp3) is 0.533. The van der Waals surface area contributed by atoms with Gasteiger partial charge < -0.3 is 25.3 Å². The Labute approximate surface area is 124 Å². The second-order valence-corrected chi connectivity index (χ2v) is 5.03. The van der Waals surface area contributed by atoms with Gasteiger partial charge in [0.2, 0.25) is 0 Å². The largest absolute Gasteiger partial charge is 0.462 e. The summed E-state index contributed by atoms with van der Waals surface area (Å²) in [5.74, 6) is -0.388. The molecule has 1 saturated heterocycles. The number of para-hydroxylation sites is 1. The summed E-state index contributed by atoms with van der Waals surface area (Å²) in [7, 11) is 1.66. The van der Waals surface area contributed by atoms with Crippen molar-refractivity contribution in [1.29, 1.82) is 0 Å². The number of benzene rings is 1. The number of carbonyl (C=O) groups is 1. The van der Waals surface area contributed by atoms with Crippen LogP contribution in [-0.4, -0.2) is 45.0 Å². The number of nitrogens with one attached hydrogen (secondary N) is 1. The van der Waals surface area contributed by atoms with Gasteiger partial charge in [-0.2, -0.15) is 0 Å². The fourth-order valence-electron chi connectivity index (χ4n) is 2.36. The Balaban J connectivity index is 2.17. The van der Waals surface area contributed by atoms with E-state index in [2.05, 4.69) is 5.32 Å². The average Bonchev–Trinajstić information content (AvgIpc) is 2.95. The molecule has 6 nitrogen and oxygen atoms in total. The van der Waals surface area contributed by atoms with E-state index in [4.69, 9.17) is 19.9 Å². The molecule has 1 aromatic rings. The summed E-state index contributed by atoms with van der Waals surface area (Å²) in [6, 6.07) is 5.18. The quantitative estimate of drug-likeness (QED) is 0.613. The van der Waals surface area contributed by atoms with Crippen LogP contribution in [0.1, 0.15) is 23.7 Å². The predicted molar refractivity (Wildman–Crippen MR) is 80.5 cm³/mol. The summed E-state index contributed by atoms with van der Waals surface area (Å²) in [6.07, 6.45) is 0.804. The molecule has 1 heterocycles. The van der Waals surface area contributed by atoms with Crippen molar-refractivity contribution in [2.24, 2.45) is 0 Å². The third-order valence-electron chi connectivity index (χ3n) is 3.68. The topological polar surface area (TPSA) is 82.8 Å². The Hall–Kier alpha value is -1.79. The van der Waals surface area contributed by atoms with Gasteiger partial charge in [0.1, 0.15) is 5.60 Å². The van der Waals surface area contributed by atoms with Crippen LogP contribution in [0.25, 0.3) is 0 Å². The van der Waals surface area contributed by atoms with E-state index in [-0.39, 0.29) is 11.6 Å². The summed E-state index contributed by atoms with van der Waals surface area (Å²) < 4.78 is 16.0. The van der Waals surface area contributed by atoms with Crippen LogP contribution < -0.4 is 11.1 Å². The molecule has 116 valence electrons. The van der Waals surface area contributed by atoms with Gasteiger partial charge in [-0.1, -0.05) is 6.07 Å². The number of ether oxygens (including phenoxy) is 3. The van der Waals surface area contributed by atoms with E-state index in [0.29, 0.717) is 43.3 Å². The molecule has 1 aliphatic rings. The van der Waals surface area contributed by atoms with Crippen LogP contribution in [0.4, 0.5) is 11.4 Å². The lowest BCUT2D eigenvalue weighted by Crippen LogP contribution is -2.40. The smallest absolute Gasteiger partial charge is 0.340 e. The van der Waals surface area contributed by atoms with Gasteiger partial charge in [-0.25, -0.2) is 4.79 Å². The third-order valence-corrected chi connectivity index (χ3v) is 3.68. The van der Waals surface area contributed by atoms with Gasteiger partial charge in [-0.05, 0) is 19.1 Å². The standard InChI is InChI=1S/C15H22N2O4/c1-3-21-14(18)11-5-4-6-12(16)13(11)17-9-15(19-2)7-8-20-10-15/h4-6,17H,3,7-10,16H2,1-2H3. The van der Waals surface area contributed by atoms with E-state index in [9.17, 15) is 4.79 Å². The number of nitrogen functional groups attached to an aromatic ring is 1. The van der Waals surface area contributed by atoms with Crippen molar-refractivity contribution in [3.63, 3.8) is 0 Å². The molecule has 1 fully saturated rings. The molecule has 0 spiro atoms. The first-order valence-electron chi connectivity index (χ1n) is 7.04. The number of hydrogen-bond donors (Lipinski definition) is 2. The molecule has 1 unspecified atom stereocenters. The molecule has 21 heavy (non-hydrogen) atoms. The summed E-state index contributed by atoms with van der Waals surface area (Å²) in [6.45, 7) is 3.81. The van der Waals surface area contributed by atoms with Crippen molar-refractivity contribution >= 4 is 17.3 Å². The fourth-order valence-corrected chi connectivity index (χ4v) is 2.36. The van der Waals surface area contributed by atoms with Gasteiger partial charge >= 0.3 is 5.97 Å². The predicted octanol–water partition coefficient (Wildman–Crippen LogP) is 1.66. The zero-order chi connectivity index (χ0) is 15.3. The van der Waals surface area contributed by atoms with Crippen molar-refractivity contribution in [2.75, 3.05) is 44.5 Å². The maximum atomic E-state index is 12.0. The minimum atomic E-state index is -0.388. The molecule has 0 bridgehead atoms. The van der Waals surface area contributed by atoms with Gasteiger partial charge in [0, 0.05) is 26.7 Å². The second-order valence-electron chi connectivity index (χ2n) is 5.03. The van der Waals surface area contributed by atoms with E-state index in [0.717, 1.165) is 6.42 Å². The normalized spacial score (nSPS) is 21.2. The Morgan fingerprint density at radius 1 is 1.52 bits per heavy atom. The molecular formula is C15H22N2O4. The maximum Gasteiger partial charge on any atom is 0.340 e. The molecule has 0 aromatic heterocycles. The zero-order valence-corrected chi connectivity index (χ0v) is 12.5. The van der Waals surface area contributed by atoms with Crippen LogP contribution in [0, 0.1) is 0 Å². The van der Waals surface area contributed by atoms with Gasteiger partial charge in [-0.15, -0.1) is 0 Å². The van der Waals surface area contributed by atoms with Crippen molar-refractivity contribution in [3.8, 4) is 0 Å². The van der Waals surface area contributed by atoms with E-state index >= 15 is 0 Å². The van der Waals surface area contributed by atoms with Crippen molar-refractivity contribution in [1.82, 2.24) is 0 Å². The number of anilines is 2. The molecule has 6 heteroatoms. The highest BCUT2D eigenvalue weighted by Gasteiger charge is 2.35. The summed E-state index contributed by atoms with van der Waals surface area (Å²) in [4.78, 5) is 12.0. The number of esters is 1. The van der Waals surface area contributed by atoms with Crippen LogP contribution in [-0.2, 0) is 14.2 Å². The maximum absolute atomic E-state index is 12.0. The lowest BCUT2D eigenvalue weighted by molar-refractivity contribution is -0.00621. The zero-order valence-electron chi connectivity index (χ0n) is 12.5. The van der Waals surface area contributed by atoms with Gasteiger partial charge in [0.05, 0.1) is 30.2 Å². The van der Waals surface area contributed by atoms with Crippen LogP contribution in [0.3, 0.4) is 0 Å². The van der Waals surface area contributed by atoms with Crippen LogP contribution in [0.2, 0.25) is 0 Å². The minimum Gasteiger partial charge on any atom is -0.462 e. The van der Waals surface area contributed by atoms with E-state index < -0.39 is 0 Å². The Morgan fingerprint density at radius 2 is 2.33 bits per heavy atom. The number of carbonyl (C=O) groups excluding carboxylic acids is 1. The molecule has 1 aromatic carbocycles. The first-order valence-corrected chi connectivity index (χ1v) is 7.04. The lowest BCUT2D eigenvalue weighted by Gasteiger charge is -2.27. The Bertz CT molecular complexity index is 498. The minimum absolute atomic E-state index is 0.322. The van der Waals surface area contributed by atoms with Crippen LogP contribution in [0.5, 0.6) is 0 Å². The molecular weight excluding hydrogens is 272 g/mol. The van der Waals surface area contributed by atoms with Crippen molar-refractivity contribution in [2.45, 2.75) is 18.9 Å². The molecule has 0 saturated carbocycles. The molecule has 0 amide bonds. The number of rotatable bonds is 6. The highest BCUT2D eigenvalue weighted by molar-refractivity contribution is 5.98. The first-order chi connectivity index (χ1) is 10.1. The summed E-state index contributed by atoms with van der Waals surface area (Å²) in [5.41, 5.74) is 7.12. The molecule has 0 aliphatic carbocycles. The molecule has 1 aliphatic heterocycles. The first kappa shape index (κ1) is 15.6. The highest BCUT2D eigenvalue weighted by atomic mass is 16.5. The van der Waals surface area contributed by atoms with Crippen molar-refractivity contribution < 1.29 is 19.0 Å². The van der Waals surface area contributed by atoms with Crippen LogP contribution in [0.15, 0.2) is 18.2 Å². The molecule has 1 atom stereocenters. The number of hydrogen-bond acceptors (Lipinski definition) is 6. The number of methoxy groups -OCH3 is 1. The van der Waals surface area contributed by atoms with E-state index in [1.54, 1.807) is 32.2 Å².